The fraction of sp³-hybridized carbons (Fsp3) is 0.400. The zero-order valence-corrected chi connectivity index (χ0v) is 11.5. The summed E-state index contributed by atoms with van der Waals surface area (Å²) in [6.45, 7) is 3.73. The molecule has 5 nitrogen and oxygen atoms in total. The van der Waals surface area contributed by atoms with Crippen molar-refractivity contribution in [3.05, 3.63) is 35.7 Å². The quantitative estimate of drug-likeness (QED) is 0.853. The maximum Gasteiger partial charge on any atom is 0.328 e. The van der Waals surface area contributed by atoms with E-state index in [-0.39, 0.29) is 5.91 Å². The Morgan fingerprint density at radius 3 is 2.85 bits per heavy atom. The number of amides is 1. The van der Waals surface area contributed by atoms with Crippen LogP contribution in [0.1, 0.15) is 35.8 Å². The molecule has 1 atom stereocenters. The second-order valence-electron chi connectivity index (χ2n) is 4.96. The molecule has 1 aromatic heterocycles. The summed E-state index contributed by atoms with van der Waals surface area (Å²) in [7, 11) is 0. The van der Waals surface area contributed by atoms with Crippen molar-refractivity contribution in [3.8, 4) is 0 Å². The molecule has 1 N–H and O–H groups in total. The van der Waals surface area contributed by atoms with E-state index in [9.17, 15) is 9.59 Å². The van der Waals surface area contributed by atoms with Crippen LogP contribution in [-0.4, -0.2) is 40.0 Å². The highest BCUT2D eigenvalue weighted by Crippen LogP contribution is 2.20. The number of rotatable bonds is 4. The van der Waals surface area contributed by atoms with Gasteiger partial charge in [0.25, 0.3) is 5.91 Å². The molecule has 0 aliphatic carbocycles. The molecule has 1 unspecified atom stereocenters. The number of hydrogen-bond acceptors (Lipinski definition) is 3. The van der Waals surface area contributed by atoms with Crippen molar-refractivity contribution in [2.75, 3.05) is 13.1 Å². The molecule has 0 aromatic carbocycles. The molecular formula is C15H18N2O3. The molecule has 1 aromatic rings. The van der Waals surface area contributed by atoms with Gasteiger partial charge in [0, 0.05) is 25.4 Å². The average Bonchev–Trinajstić information content (AvgIpc) is 2.94. The number of hydrogen-bond donors (Lipinski definition) is 1. The molecule has 5 heteroatoms. The van der Waals surface area contributed by atoms with E-state index in [1.165, 1.54) is 12.3 Å². The highest BCUT2D eigenvalue weighted by Gasteiger charge is 2.26. The molecule has 1 aliphatic rings. The molecule has 1 fully saturated rings. The van der Waals surface area contributed by atoms with Crippen molar-refractivity contribution >= 4 is 18.0 Å². The average molecular weight is 274 g/mol. The van der Waals surface area contributed by atoms with Crippen molar-refractivity contribution in [3.63, 3.8) is 0 Å². The summed E-state index contributed by atoms with van der Waals surface area (Å²) in [5.41, 5.74) is 1.08. The molecule has 1 saturated heterocycles. The zero-order valence-electron chi connectivity index (χ0n) is 11.5. The number of nitrogens with zero attached hydrogens (tertiary/aromatic N) is 2. The van der Waals surface area contributed by atoms with Crippen LogP contribution in [0.25, 0.3) is 6.08 Å². The van der Waals surface area contributed by atoms with E-state index in [2.05, 4.69) is 11.9 Å². The van der Waals surface area contributed by atoms with E-state index in [4.69, 9.17) is 5.11 Å². The summed E-state index contributed by atoms with van der Waals surface area (Å²) in [4.78, 5) is 28.6. The van der Waals surface area contributed by atoms with Crippen molar-refractivity contribution in [1.29, 1.82) is 0 Å². The maximum absolute atomic E-state index is 12.2. The lowest BCUT2D eigenvalue weighted by Gasteiger charge is -2.15. The number of aliphatic carboxylic acids is 1. The minimum Gasteiger partial charge on any atom is -0.478 e. The SMILES string of the molecule is CCC1CCN(C(=O)c2ccc(/C=C/C(=O)O)cn2)C1. The third-order valence-corrected chi connectivity index (χ3v) is 3.57. The Morgan fingerprint density at radius 2 is 2.30 bits per heavy atom. The lowest BCUT2D eigenvalue weighted by molar-refractivity contribution is -0.131. The third kappa shape index (κ3) is 3.44. The first-order valence-electron chi connectivity index (χ1n) is 6.76. The number of carboxylic acid groups (broad SMARTS) is 1. The third-order valence-electron chi connectivity index (χ3n) is 3.57. The summed E-state index contributed by atoms with van der Waals surface area (Å²) >= 11 is 0. The van der Waals surface area contributed by atoms with Gasteiger partial charge in [-0.2, -0.15) is 0 Å². The van der Waals surface area contributed by atoms with Crippen LogP contribution in [0.4, 0.5) is 0 Å². The monoisotopic (exact) mass is 274 g/mol. The number of carboxylic acids is 1. The number of carbonyl (C=O) groups excluding carboxylic acids is 1. The highest BCUT2D eigenvalue weighted by molar-refractivity contribution is 5.92. The van der Waals surface area contributed by atoms with Crippen LogP contribution in [-0.2, 0) is 4.79 Å². The van der Waals surface area contributed by atoms with E-state index < -0.39 is 5.97 Å². The van der Waals surface area contributed by atoms with Crippen molar-refractivity contribution in [1.82, 2.24) is 9.88 Å². The predicted molar refractivity (Wildman–Crippen MR) is 75.2 cm³/mol. The van der Waals surface area contributed by atoms with Crippen molar-refractivity contribution in [2.24, 2.45) is 5.92 Å². The van der Waals surface area contributed by atoms with Gasteiger partial charge in [-0.15, -0.1) is 0 Å². The Morgan fingerprint density at radius 1 is 1.50 bits per heavy atom. The Hall–Kier alpha value is -2.17. The van der Waals surface area contributed by atoms with Crippen LogP contribution in [0, 0.1) is 5.92 Å². The minimum absolute atomic E-state index is 0.0466. The van der Waals surface area contributed by atoms with Gasteiger partial charge in [0.05, 0.1) is 0 Å². The fourth-order valence-electron chi connectivity index (χ4n) is 2.31. The van der Waals surface area contributed by atoms with E-state index in [0.717, 1.165) is 32.0 Å². The van der Waals surface area contributed by atoms with Gasteiger partial charge in [-0.05, 0) is 30.0 Å². The highest BCUT2D eigenvalue weighted by atomic mass is 16.4. The minimum atomic E-state index is -1.01. The normalized spacial score (nSPS) is 18.6. The number of carbonyl (C=O) groups is 2. The van der Waals surface area contributed by atoms with Gasteiger partial charge in [-0.1, -0.05) is 19.4 Å². The van der Waals surface area contributed by atoms with Crippen LogP contribution in [0.5, 0.6) is 0 Å². The summed E-state index contributed by atoms with van der Waals surface area (Å²) in [6, 6.07) is 3.34. The smallest absolute Gasteiger partial charge is 0.328 e. The Labute approximate surface area is 117 Å². The summed E-state index contributed by atoms with van der Waals surface area (Å²) < 4.78 is 0. The predicted octanol–water partition coefficient (Wildman–Crippen LogP) is 2.05. The standard InChI is InChI=1S/C15H18N2O3/c1-2-11-7-8-17(10-11)15(20)13-5-3-12(9-16-13)4-6-14(18)19/h3-6,9,11H,2,7-8,10H2,1H3,(H,18,19)/b6-4+. The molecule has 0 radical (unpaired) electrons. The Bertz CT molecular complexity index is 522. The topological polar surface area (TPSA) is 70.5 Å². The molecule has 20 heavy (non-hydrogen) atoms. The van der Waals surface area contributed by atoms with Crippen LogP contribution in [0.15, 0.2) is 24.4 Å². The van der Waals surface area contributed by atoms with Gasteiger partial charge < -0.3 is 10.0 Å². The van der Waals surface area contributed by atoms with Crippen LogP contribution in [0.2, 0.25) is 0 Å². The van der Waals surface area contributed by atoms with E-state index >= 15 is 0 Å². The van der Waals surface area contributed by atoms with E-state index in [1.807, 2.05) is 4.90 Å². The van der Waals surface area contributed by atoms with E-state index in [1.54, 1.807) is 12.1 Å². The second-order valence-corrected chi connectivity index (χ2v) is 4.96. The number of aromatic nitrogens is 1. The van der Waals surface area contributed by atoms with Gasteiger partial charge in [0.15, 0.2) is 0 Å². The summed E-state index contributed by atoms with van der Waals surface area (Å²) in [5.74, 6) is -0.459. The van der Waals surface area contributed by atoms with Gasteiger partial charge in [-0.3, -0.25) is 9.78 Å². The first kappa shape index (κ1) is 14.2. The second kappa shape index (κ2) is 6.32. The van der Waals surface area contributed by atoms with E-state index in [0.29, 0.717) is 17.2 Å². The number of likely N-dealkylation sites (tertiary alicyclic amines) is 1. The molecule has 0 bridgehead atoms. The number of pyridine rings is 1. The molecule has 0 saturated carbocycles. The fourth-order valence-corrected chi connectivity index (χ4v) is 2.31. The maximum atomic E-state index is 12.2. The Kier molecular flexibility index (Phi) is 4.50. The van der Waals surface area contributed by atoms with Gasteiger partial charge in [-0.25, -0.2) is 4.79 Å². The lowest BCUT2D eigenvalue weighted by atomic mass is 10.1. The van der Waals surface area contributed by atoms with Gasteiger partial charge >= 0.3 is 5.97 Å². The van der Waals surface area contributed by atoms with Crippen molar-refractivity contribution < 1.29 is 14.7 Å². The summed E-state index contributed by atoms with van der Waals surface area (Å²) in [5, 5.41) is 8.54. The van der Waals surface area contributed by atoms with Crippen LogP contribution < -0.4 is 0 Å². The van der Waals surface area contributed by atoms with Crippen molar-refractivity contribution in [2.45, 2.75) is 19.8 Å². The van der Waals surface area contributed by atoms with Crippen LogP contribution >= 0.6 is 0 Å². The summed E-state index contributed by atoms with van der Waals surface area (Å²) in [6.07, 6.45) is 6.16. The van der Waals surface area contributed by atoms with Gasteiger partial charge in [0.2, 0.25) is 0 Å². The first-order chi connectivity index (χ1) is 9.60. The lowest BCUT2D eigenvalue weighted by Crippen LogP contribution is -2.29. The molecule has 1 amide bonds. The molecule has 0 spiro atoms. The largest absolute Gasteiger partial charge is 0.478 e. The Balaban J connectivity index is 2.03. The van der Waals surface area contributed by atoms with Gasteiger partial charge in [0.1, 0.15) is 5.69 Å². The molecular weight excluding hydrogens is 256 g/mol. The molecule has 1 aliphatic heterocycles. The van der Waals surface area contributed by atoms with Crippen LogP contribution in [0.3, 0.4) is 0 Å². The first-order valence-corrected chi connectivity index (χ1v) is 6.76. The molecule has 2 rings (SSSR count). The molecule has 2 heterocycles. The molecule has 106 valence electrons. The zero-order chi connectivity index (χ0) is 14.5.